The van der Waals surface area contributed by atoms with E-state index < -0.39 is 0 Å². The minimum atomic E-state index is 0.150. The maximum atomic E-state index is 4.18. The van der Waals surface area contributed by atoms with Crippen molar-refractivity contribution in [3.05, 3.63) is 227 Å². The van der Waals surface area contributed by atoms with E-state index in [0.717, 1.165) is 19.3 Å². The van der Waals surface area contributed by atoms with Crippen LogP contribution in [0.15, 0.2) is 176 Å². The van der Waals surface area contributed by atoms with Crippen molar-refractivity contribution in [1.29, 1.82) is 0 Å². The molecule has 2 heterocycles. The van der Waals surface area contributed by atoms with E-state index in [1.807, 2.05) is 6.07 Å². The first-order chi connectivity index (χ1) is 32.1. The Labute approximate surface area is 393 Å². The molecule has 66 heavy (non-hydrogen) atoms. The number of aryl methyl sites for hydroxylation is 4. The predicted octanol–water partition coefficient (Wildman–Crippen LogP) is 18.2. The van der Waals surface area contributed by atoms with Crippen molar-refractivity contribution in [3.63, 3.8) is 0 Å². The molecule has 0 atom stereocenters. The van der Waals surface area contributed by atoms with E-state index >= 15 is 0 Å². The summed E-state index contributed by atoms with van der Waals surface area (Å²) in [6.45, 7) is 21.8. The molecule has 0 aliphatic heterocycles. The lowest BCUT2D eigenvalue weighted by Crippen LogP contribution is -2.16. The molecular formula is C65H63N. The van der Waals surface area contributed by atoms with E-state index in [-0.39, 0.29) is 5.41 Å². The van der Waals surface area contributed by atoms with Gasteiger partial charge in [0, 0.05) is 32.8 Å². The number of fused-ring (bicyclic) bond motifs is 9. The maximum absolute atomic E-state index is 4.18. The van der Waals surface area contributed by atoms with Crippen molar-refractivity contribution < 1.29 is 0 Å². The molecule has 2 aliphatic carbocycles. The van der Waals surface area contributed by atoms with Gasteiger partial charge in [-0.05, 0) is 112 Å². The first-order valence-corrected chi connectivity index (χ1v) is 24.1. The Balaban J connectivity index is 0.000000141. The zero-order valence-electron chi connectivity index (χ0n) is 40.2. The highest BCUT2D eigenvalue weighted by atomic mass is 14.9. The molecule has 0 radical (unpaired) electrons. The standard InChI is InChI=1S/C33H27N.C16H16.C13H12.C3H8/c1-4-8-30-24(5-2)28-16-15-27(32-29-9-6-7-10-31(29)34(30)33(28)32)21-12-14-26-23(18-21)19-22-17-20(3)11-13-25(22)26;1-11-7-6-9-13-12-8-4-5-10-14(12)16(2,3)15(11)13;1-11-7-9-13(10-8-11)12-5-3-2-4-6-12;1-3-2/h5-7,9-18H,2,4,8,19H2,1,3H3;4-10H,1-3H3;2-10H,1H3;3H2,1-2H3. The lowest BCUT2D eigenvalue weighted by atomic mass is 9.80. The SMILES string of the molecule is C=Cc1c(CCC)n2c3ccccc3c3c(-c4ccc5c(c4)Cc4cc(C)ccc4-5)ccc1c32.CCC.Cc1ccc(-c2ccccc2)cc1.Cc1cccc2c1C(C)(C)c1ccccc1-2. The van der Waals surface area contributed by atoms with Crippen molar-refractivity contribution in [2.24, 2.45) is 0 Å². The van der Waals surface area contributed by atoms with Crippen LogP contribution in [0.5, 0.6) is 0 Å². The van der Waals surface area contributed by atoms with Crippen LogP contribution in [0, 0.1) is 20.8 Å². The second kappa shape index (κ2) is 18.5. The van der Waals surface area contributed by atoms with Crippen LogP contribution in [0.25, 0.3) is 77.8 Å². The second-order valence-corrected chi connectivity index (χ2v) is 18.9. The molecule has 2 aliphatic rings. The van der Waals surface area contributed by atoms with E-state index in [0.29, 0.717) is 0 Å². The van der Waals surface area contributed by atoms with Crippen LogP contribution in [-0.2, 0) is 18.3 Å². The van der Waals surface area contributed by atoms with Crippen LogP contribution in [-0.4, -0.2) is 4.40 Å². The topological polar surface area (TPSA) is 4.41 Å². The fraction of sp³-hybridized carbons (Fsp3) is 0.200. The second-order valence-electron chi connectivity index (χ2n) is 18.9. The molecule has 0 amide bonds. The first kappa shape index (κ1) is 44.3. The van der Waals surface area contributed by atoms with Crippen LogP contribution < -0.4 is 0 Å². The summed E-state index contributed by atoms with van der Waals surface area (Å²) in [5.41, 5.74) is 26.2. The van der Waals surface area contributed by atoms with E-state index in [2.05, 4.69) is 236 Å². The summed E-state index contributed by atoms with van der Waals surface area (Å²) >= 11 is 0. The molecular weight excluding hydrogens is 795 g/mol. The monoisotopic (exact) mass is 857 g/mol. The third-order valence-electron chi connectivity index (χ3n) is 13.7. The third-order valence-corrected chi connectivity index (χ3v) is 13.7. The Bertz CT molecular complexity index is 3340. The molecule has 8 aromatic carbocycles. The van der Waals surface area contributed by atoms with Crippen molar-refractivity contribution in [1.82, 2.24) is 4.40 Å². The Morgan fingerprint density at radius 1 is 0.545 bits per heavy atom. The van der Waals surface area contributed by atoms with Crippen molar-refractivity contribution in [3.8, 4) is 44.5 Å². The molecule has 2 aromatic heterocycles. The van der Waals surface area contributed by atoms with Gasteiger partial charge in [-0.25, -0.2) is 0 Å². The molecule has 0 fully saturated rings. The smallest absolute Gasteiger partial charge is 0.0623 e. The minimum absolute atomic E-state index is 0.150. The molecule has 1 heteroatoms. The number of hydrogen-bond acceptors (Lipinski definition) is 0. The normalized spacial score (nSPS) is 12.5. The first-order valence-electron chi connectivity index (χ1n) is 24.1. The third kappa shape index (κ3) is 7.85. The number of aromatic nitrogens is 1. The van der Waals surface area contributed by atoms with Gasteiger partial charge in [0.1, 0.15) is 0 Å². The predicted molar refractivity (Wildman–Crippen MR) is 287 cm³/mol. The summed E-state index contributed by atoms with van der Waals surface area (Å²) in [5, 5.41) is 4.02. The number of hydrogen-bond donors (Lipinski definition) is 0. The Kier molecular flexibility index (Phi) is 12.4. The minimum Gasteiger partial charge on any atom is -0.312 e. The van der Waals surface area contributed by atoms with Crippen LogP contribution in [0.2, 0.25) is 0 Å². The summed E-state index contributed by atoms with van der Waals surface area (Å²) in [7, 11) is 0. The van der Waals surface area contributed by atoms with Gasteiger partial charge in [-0.3, -0.25) is 0 Å². The Hall–Kier alpha value is -6.96. The molecule has 0 unspecified atom stereocenters. The van der Waals surface area contributed by atoms with Crippen molar-refractivity contribution in [2.75, 3.05) is 0 Å². The fourth-order valence-electron chi connectivity index (χ4n) is 10.8. The highest BCUT2D eigenvalue weighted by Crippen LogP contribution is 2.50. The lowest BCUT2D eigenvalue weighted by molar-refractivity contribution is 0.655. The van der Waals surface area contributed by atoms with Gasteiger partial charge in [-0.1, -0.05) is 235 Å². The average molecular weight is 858 g/mol. The van der Waals surface area contributed by atoms with Gasteiger partial charge >= 0.3 is 0 Å². The van der Waals surface area contributed by atoms with Gasteiger partial charge in [-0.15, -0.1) is 0 Å². The summed E-state index contributed by atoms with van der Waals surface area (Å²) in [4.78, 5) is 0. The van der Waals surface area contributed by atoms with E-state index in [1.54, 1.807) is 0 Å². The van der Waals surface area contributed by atoms with Crippen molar-refractivity contribution in [2.45, 2.75) is 86.5 Å². The molecule has 0 saturated heterocycles. The fourth-order valence-corrected chi connectivity index (χ4v) is 10.8. The van der Waals surface area contributed by atoms with E-state index in [4.69, 9.17) is 0 Å². The van der Waals surface area contributed by atoms with Crippen LogP contribution in [0.3, 0.4) is 0 Å². The van der Waals surface area contributed by atoms with Gasteiger partial charge in [0.15, 0.2) is 0 Å². The average Bonchev–Trinajstić information content (AvgIpc) is 4.04. The highest BCUT2D eigenvalue weighted by Gasteiger charge is 2.36. The number of benzene rings is 8. The maximum Gasteiger partial charge on any atom is 0.0623 e. The van der Waals surface area contributed by atoms with Gasteiger partial charge in [0.2, 0.25) is 0 Å². The number of rotatable bonds is 5. The molecule has 0 bridgehead atoms. The van der Waals surface area contributed by atoms with Crippen LogP contribution in [0.1, 0.15) is 97.7 Å². The van der Waals surface area contributed by atoms with Gasteiger partial charge in [0.25, 0.3) is 0 Å². The molecule has 328 valence electrons. The zero-order valence-corrected chi connectivity index (χ0v) is 40.2. The van der Waals surface area contributed by atoms with Crippen LogP contribution in [0.4, 0.5) is 0 Å². The quantitative estimate of drug-likeness (QED) is 0.162. The molecule has 12 rings (SSSR count). The Morgan fingerprint density at radius 3 is 1.89 bits per heavy atom. The molecule has 0 saturated carbocycles. The van der Waals surface area contributed by atoms with Gasteiger partial charge in [-0.2, -0.15) is 0 Å². The van der Waals surface area contributed by atoms with Gasteiger partial charge < -0.3 is 4.40 Å². The molecule has 10 aromatic rings. The summed E-state index contributed by atoms with van der Waals surface area (Å²) < 4.78 is 2.51. The van der Waals surface area contributed by atoms with E-state index in [9.17, 15) is 0 Å². The number of nitrogens with zero attached hydrogens (tertiary/aromatic N) is 1. The van der Waals surface area contributed by atoms with Crippen LogP contribution >= 0.6 is 0 Å². The molecule has 0 spiro atoms. The van der Waals surface area contributed by atoms with E-state index in [1.165, 1.54) is 128 Å². The zero-order chi connectivity index (χ0) is 46.1. The Morgan fingerprint density at radius 2 is 1.15 bits per heavy atom. The van der Waals surface area contributed by atoms with Gasteiger partial charge in [0.05, 0.1) is 11.0 Å². The summed E-state index contributed by atoms with van der Waals surface area (Å²) in [6, 6.07) is 61.9. The largest absolute Gasteiger partial charge is 0.312 e. The lowest BCUT2D eigenvalue weighted by Gasteiger charge is -2.23. The summed E-state index contributed by atoms with van der Waals surface area (Å²) in [6.07, 6.45) is 6.49. The molecule has 0 N–H and O–H groups in total. The highest BCUT2D eigenvalue weighted by molar-refractivity contribution is 6.22. The molecule has 1 nitrogen and oxygen atoms in total. The summed E-state index contributed by atoms with van der Waals surface area (Å²) in [5.74, 6) is 0. The number of para-hydroxylation sites is 1. The van der Waals surface area contributed by atoms with Crippen molar-refractivity contribution >= 4 is 33.3 Å².